The van der Waals surface area contributed by atoms with Gasteiger partial charge in [-0.3, -0.25) is 4.79 Å². The molecule has 0 aromatic carbocycles. The molecular formula is C6H9N3O2S. The molecule has 0 bridgehead atoms. The first-order chi connectivity index (χ1) is 5.68. The number of hydrogen-bond donors (Lipinski definition) is 2. The number of aliphatic carboxylic acids is 1. The molecule has 0 aliphatic heterocycles. The predicted octanol–water partition coefficient (Wildman–Crippen LogP) is 0.813. The van der Waals surface area contributed by atoms with Crippen molar-refractivity contribution < 1.29 is 9.90 Å². The van der Waals surface area contributed by atoms with Crippen LogP contribution in [0.25, 0.3) is 0 Å². The quantitative estimate of drug-likeness (QED) is 0.729. The van der Waals surface area contributed by atoms with E-state index >= 15 is 0 Å². The lowest BCUT2D eigenvalue weighted by molar-refractivity contribution is -0.137. The Morgan fingerprint density at radius 3 is 3.17 bits per heavy atom. The number of rotatable bonds is 4. The highest BCUT2D eigenvalue weighted by atomic mass is 32.1. The van der Waals surface area contributed by atoms with Crippen LogP contribution in [0.4, 0.5) is 5.13 Å². The number of carboxylic acid groups (broad SMARTS) is 1. The van der Waals surface area contributed by atoms with Gasteiger partial charge in [-0.2, -0.15) is 0 Å². The molecule has 0 amide bonds. The standard InChI is InChI=1S/C6H9N3O2S/c1-4(2-5(10)11)8-6-9-7-3-12-6/h3-4H,2H2,1H3,(H,8,9)(H,10,11). The number of anilines is 1. The van der Waals surface area contributed by atoms with Gasteiger partial charge in [0.15, 0.2) is 0 Å². The first-order valence-electron chi connectivity index (χ1n) is 3.43. The molecule has 5 nitrogen and oxygen atoms in total. The summed E-state index contributed by atoms with van der Waals surface area (Å²) in [4.78, 5) is 10.3. The summed E-state index contributed by atoms with van der Waals surface area (Å²) in [5.41, 5.74) is 1.59. The Labute approximate surface area is 73.4 Å². The average Bonchev–Trinajstić information content (AvgIpc) is 2.37. The van der Waals surface area contributed by atoms with Gasteiger partial charge in [0.1, 0.15) is 5.51 Å². The molecule has 0 aliphatic carbocycles. The van der Waals surface area contributed by atoms with Crippen LogP contribution in [-0.4, -0.2) is 27.3 Å². The maximum atomic E-state index is 10.3. The first kappa shape index (κ1) is 8.92. The number of nitrogens with one attached hydrogen (secondary N) is 1. The molecule has 1 aromatic heterocycles. The van der Waals surface area contributed by atoms with Crippen LogP contribution in [0.2, 0.25) is 0 Å². The Hall–Kier alpha value is -1.17. The van der Waals surface area contributed by atoms with Crippen molar-refractivity contribution in [3.63, 3.8) is 0 Å². The maximum Gasteiger partial charge on any atom is 0.305 e. The van der Waals surface area contributed by atoms with Gasteiger partial charge in [0.25, 0.3) is 0 Å². The summed E-state index contributed by atoms with van der Waals surface area (Å²) in [6.07, 6.45) is 0.0829. The molecule has 1 aromatic rings. The maximum absolute atomic E-state index is 10.3. The third kappa shape index (κ3) is 2.83. The van der Waals surface area contributed by atoms with E-state index in [0.29, 0.717) is 5.13 Å². The highest BCUT2D eigenvalue weighted by Gasteiger charge is 2.07. The summed E-state index contributed by atoms with van der Waals surface area (Å²) in [7, 11) is 0. The molecule has 0 spiro atoms. The van der Waals surface area contributed by atoms with Gasteiger partial charge in [-0.1, -0.05) is 11.3 Å². The normalized spacial score (nSPS) is 12.4. The summed E-state index contributed by atoms with van der Waals surface area (Å²) in [6.45, 7) is 1.79. The second kappa shape index (κ2) is 4.01. The molecule has 66 valence electrons. The molecule has 2 N–H and O–H groups in total. The van der Waals surface area contributed by atoms with Crippen LogP contribution >= 0.6 is 11.3 Å². The largest absolute Gasteiger partial charge is 0.481 e. The number of carbonyl (C=O) groups is 1. The zero-order valence-corrected chi connectivity index (χ0v) is 7.34. The van der Waals surface area contributed by atoms with E-state index in [0.717, 1.165) is 0 Å². The minimum Gasteiger partial charge on any atom is -0.481 e. The van der Waals surface area contributed by atoms with Crippen molar-refractivity contribution in [3.05, 3.63) is 5.51 Å². The predicted molar refractivity (Wildman–Crippen MR) is 45.2 cm³/mol. The number of carboxylic acids is 1. The average molecular weight is 187 g/mol. The second-order valence-electron chi connectivity index (χ2n) is 2.39. The van der Waals surface area contributed by atoms with Crippen molar-refractivity contribution in [2.75, 3.05) is 5.32 Å². The molecule has 1 heterocycles. The van der Waals surface area contributed by atoms with Gasteiger partial charge < -0.3 is 10.4 Å². The van der Waals surface area contributed by atoms with Crippen LogP contribution in [0.15, 0.2) is 5.51 Å². The summed E-state index contributed by atoms with van der Waals surface area (Å²) in [5, 5.41) is 19.4. The Balaban J connectivity index is 2.36. The SMILES string of the molecule is CC(CC(=O)O)Nc1nncs1. The lowest BCUT2D eigenvalue weighted by atomic mass is 10.2. The fourth-order valence-electron chi connectivity index (χ4n) is 0.760. The summed E-state index contributed by atoms with van der Waals surface area (Å²) in [5.74, 6) is -0.820. The van der Waals surface area contributed by atoms with Gasteiger partial charge in [-0.25, -0.2) is 0 Å². The number of aromatic nitrogens is 2. The van der Waals surface area contributed by atoms with Crippen molar-refractivity contribution in [2.24, 2.45) is 0 Å². The van der Waals surface area contributed by atoms with Gasteiger partial charge in [0.2, 0.25) is 5.13 Å². The summed E-state index contributed by atoms with van der Waals surface area (Å²) >= 11 is 1.35. The third-order valence-corrected chi connectivity index (χ3v) is 1.83. The zero-order chi connectivity index (χ0) is 8.97. The Morgan fingerprint density at radius 2 is 2.67 bits per heavy atom. The molecule has 0 fully saturated rings. The van der Waals surface area contributed by atoms with Crippen LogP contribution in [0.3, 0.4) is 0 Å². The fourth-order valence-corrected chi connectivity index (χ4v) is 1.32. The van der Waals surface area contributed by atoms with E-state index in [1.807, 2.05) is 0 Å². The first-order valence-corrected chi connectivity index (χ1v) is 4.31. The molecule has 12 heavy (non-hydrogen) atoms. The van der Waals surface area contributed by atoms with Crippen LogP contribution in [0.1, 0.15) is 13.3 Å². The van der Waals surface area contributed by atoms with Crippen molar-refractivity contribution >= 4 is 22.4 Å². The summed E-state index contributed by atoms with van der Waals surface area (Å²) < 4.78 is 0. The van der Waals surface area contributed by atoms with Crippen molar-refractivity contribution in [3.8, 4) is 0 Å². The molecule has 0 saturated carbocycles. The third-order valence-electron chi connectivity index (χ3n) is 1.21. The molecule has 0 saturated heterocycles. The molecule has 1 rings (SSSR count). The fraction of sp³-hybridized carbons (Fsp3) is 0.500. The van der Waals surface area contributed by atoms with Gasteiger partial charge in [0, 0.05) is 6.04 Å². The van der Waals surface area contributed by atoms with E-state index in [9.17, 15) is 4.79 Å². The lowest BCUT2D eigenvalue weighted by Gasteiger charge is -2.08. The highest BCUT2D eigenvalue weighted by molar-refractivity contribution is 7.13. The van der Waals surface area contributed by atoms with E-state index < -0.39 is 5.97 Å². The van der Waals surface area contributed by atoms with E-state index in [-0.39, 0.29) is 12.5 Å². The number of hydrogen-bond acceptors (Lipinski definition) is 5. The van der Waals surface area contributed by atoms with Gasteiger partial charge >= 0.3 is 5.97 Å². The Bertz CT molecular complexity index is 249. The monoisotopic (exact) mass is 187 g/mol. The Kier molecular flexibility index (Phi) is 2.98. The highest BCUT2D eigenvalue weighted by Crippen LogP contribution is 2.10. The molecule has 0 aliphatic rings. The van der Waals surface area contributed by atoms with Crippen LogP contribution in [0, 0.1) is 0 Å². The van der Waals surface area contributed by atoms with E-state index in [2.05, 4.69) is 15.5 Å². The second-order valence-corrected chi connectivity index (χ2v) is 3.22. The van der Waals surface area contributed by atoms with Crippen molar-refractivity contribution in [1.82, 2.24) is 10.2 Å². The summed E-state index contributed by atoms with van der Waals surface area (Å²) in [6, 6.07) is -0.115. The van der Waals surface area contributed by atoms with Crippen LogP contribution in [-0.2, 0) is 4.79 Å². The van der Waals surface area contributed by atoms with Gasteiger partial charge in [-0.05, 0) is 6.92 Å². The topological polar surface area (TPSA) is 75.1 Å². The van der Waals surface area contributed by atoms with Gasteiger partial charge in [-0.15, -0.1) is 10.2 Å². The van der Waals surface area contributed by atoms with E-state index in [4.69, 9.17) is 5.11 Å². The van der Waals surface area contributed by atoms with E-state index in [1.54, 1.807) is 12.4 Å². The zero-order valence-electron chi connectivity index (χ0n) is 6.52. The minimum absolute atomic E-state index is 0.0829. The molecule has 0 radical (unpaired) electrons. The van der Waals surface area contributed by atoms with Crippen LogP contribution < -0.4 is 5.32 Å². The van der Waals surface area contributed by atoms with Gasteiger partial charge in [0.05, 0.1) is 6.42 Å². The Morgan fingerprint density at radius 1 is 1.92 bits per heavy atom. The minimum atomic E-state index is -0.820. The van der Waals surface area contributed by atoms with Crippen LogP contribution in [0.5, 0.6) is 0 Å². The molecular weight excluding hydrogens is 178 g/mol. The smallest absolute Gasteiger partial charge is 0.305 e. The number of nitrogens with zero attached hydrogens (tertiary/aromatic N) is 2. The van der Waals surface area contributed by atoms with Crippen molar-refractivity contribution in [1.29, 1.82) is 0 Å². The molecule has 1 atom stereocenters. The molecule has 1 unspecified atom stereocenters. The molecule has 6 heteroatoms. The van der Waals surface area contributed by atoms with Crippen molar-refractivity contribution in [2.45, 2.75) is 19.4 Å². The van der Waals surface area contributed by atoms with E-state index in [1.165, 1.54) is 11.3 Å². The lowest BCUT2D eigenvalue weighted by Crippen LogP contribution is -2.19.